The molecule has 0 saturated heterocycles. The van der Waals surface area contributed by atoms with E-state index in [0.29, 0.717) is 0 Å². The lowest BCUT2D eigenvalue weighted by atomic mass is 9.98. The normalized spacial score (nSPS) is 13.3. The summed E-state index contributed by atoms with van der Waals surface area (Å²) in [5.41, 5.74) is 9.21. The molecule has 2 aromatic rings. The maximum atomic E-state index is 10.8. The number of rotatable bonds is 4. The van der Waals surface area contributed by atoms with Crippen LogP contribution in [-0.4, -0.2) is 29.2 Å². The molecule has 0 unspecified atom stereocenters. The number of aliphatic carboxylic acids is 1. The molecule has 3 rings (SSSR count). The fourth-order valence-electron chi connectivity index (χ4n) is 2.87. The van der Waals surface area contributed by atoms with Crippen molar-refractivity contribution >= 4 is 23.0 Å². The number of carboxylic acids is 1. The van der Waals surface area contributed by atoms with Crippen molar-refractivity contribution in [2.45, 2.75) is 25.8 Å². The zero-order valence-electron chi connectivity index (χ0n) is 14.7. The van der Waals surface area contributed by atoms with Crippen molar-refractivity contribution in [3.8, 4) is 11.1 Å². The quantitative estimate of drug-likeness (QED) is 0.780. The SMILES string of the molecule is CC(C)[C@H](N)C(=O)O.O=C(Cl)OCC1c2ccccc2-c2ccccc21. The largest absolute Gasteiger partial charge is 0.480 e. The van der Waals surface area contributed by atoms with Crippen molar-refractivity contribution in [2.24, 2.45) is 11.7 Å². The maximum Gasteiger partial charge on any atom is 0.403 e. The third kappa shape index (κ3) is 4.62. The number of fused-ring (bicyclic) bond motifs is 3. The molecule has 0 amide bonds. The molecule has 0 fully saturated rings. The number of carbonyl (C=O) groups is 2. The molecule has 0 saturated carbocycles. The summed E-state index contributed by atoms with van der Waals surface area (Å²) in [4.78, 5) is 20.8. The van der Waals surface area contributed by atoms with Gasteiger partial charge in [0.25, 0.3) is 0 Å². The Morgan fingerprint density at radius 2 is 1.54 bits per heavy atom. The molecule has 1 aliphatic rings. The zero-order chi connectivity index (χ0) is 19.3. The Hall–Kier alpha value is -2.37. The van der Waals surface area contributed by atoms with Gasteiger partial charge in [0.1, 0.15) is 12.6 Å². The second-order valence-corrected chi connectivity index (χ2v) is 6.69. The van der Waals surface area contributed by atoms with Gasteiger partial charge in [0.05, 0.1) is 0 Å². The third-order valence-electron chi connectivity index (χ3n) is 4.33. The Bertz CT molecular complexity index is 745. The molecule has 26 heavy (non-hydrogen) atoms. The average molecular weight is 376 g/mol. The fraction of sp³-hybridized carbons (Fsp3) is 0.300. The summed E-state index contributed by atoms with van der Waals surface area (Å²) >= 11 is 5.25. The summed E-state index contributed by atoms with van der Waals surface area (Å²) in [5, 5.41) is 8.23. The van der Waals surface area contributed by atoms with E-state index in [4.69, 9.17) is 27.2 Å². The number of halogens is 1. The van der Waals surface area contributed by atoms with Crippen LogP contribution in [0.4, 0.5) is 4.79 Å². The van der Waals surface area contributed by atoms with Gasteiger partial charge in [0.15, 0.2) is 0 Å². The lowest BCUT2D eigenvalue weighted by Crippen LogP contribution is -2.34. The predicted molar refractivity (Wildman–Crippen MR) is 101 cm³/mol. The lowest BCUT2D eigenvalue weighted by Gasteiger charge is -2.12. The first-order valence-electron chi connectivity index (χ1n) is 8.31. The highest BCUT2D eigenvalue weighted by molar-refractivity contribution is 6.61. The molecule has 0 aromatic heterocycles. The molecule has 1 aliphatic carbocycles. The second kappa shape index (κ2) is 8.83. The van der Waals surface area contributed by atoms with Crippen LogP contribution in [0.25, 0.3) is 11.1 Å². The van der Waals surface area contributed by atoms with Crippen molar-refractivity contribution in [1.82, 2.24) is 0 Å². The van der Waals surface area contributed by atoms with Crippen molar-refractivity contribution in [1.29, 1.82) is 0 Å². The Kier molecular flexibility index (Phi) is 6.77. The number of hydrogen-bond donors (Lipinski definition) is 2. The number of hydrogen-bond acceptors (Lipinski definition) is 4. The first kappa shape index (κ1) is 19.9. The van der Waals surface area contributed by atoms with E-state index in [-0.39, 0.29) is 18.4 Å². The van der Waals surface area contributed by atoms with Gasteiger partial charge in [-0.2, -0.15) is 0 Å². The average Bonchev–Trinajstić information content (AvgIpc) is 2.93. The van der Waals surface area contributed by atoms with E-state index in [1.165, 1.54) is 22.3 Å². The van der Waals surface area contributed by atoms with Crippen LogP contribution >= 0.6 is 11.6 Å². The van der Waals surface area contributed by atoms with Gasteiger partial charge in [-0.15, -0.1) is 0 Å². The van der Waals surface area contributed by atoms with Gasteiger partial charge in [-0.3, -0.25) is 4.79 Å². The molecule has 6 heteroatoms. The highest BCUT2D eigenvalue weighted by Crippen LogP contribution is 2.44. The lowest BCUT2D eigenvalue weighted by molar-refractivity contribution is -0.139. The van der Waals surface area contributed by atoms with Gasteiger partial charge >= 0.3 is 11.4 Å². The van der Waals surface area contributed by atoms with Gasteiger partial charge in [-0.05, 0) is 28.2 Å². The Morgan fingerprint density at radius 1 is 1.08 bits per heavy atom. The van der Waals surface area contributed by atoms with E-state index < -0.39 is 17.4 Å². The molecule has 138 valence electrons. The summed E-state index contributed by atoms with van der Waals surface area (Å²) in [6.07, 6.45) is 0. The molecular weight excluding hydrogens is 354 g/mol. The number of nitrogens with two attached hydrogens (primary N) is 1. The van der Waals surface area contributed by atoms with Crippen LogP contribution in [0.5, 0.6) is 0 Å². The third-order valence-corrected chi connectivity index (χ3v) is 4.44. The van der Waals surface area contributed by atoms with Gasteiger partial charge in [-0.1, -0.05) is 62.4 Å². The summed E-state index contributed by atoms with van der Waals surface area (Å²) in [6.45, 7) is 3.84. The van der Waals surface area contributed by atoms with Gasteiger partial charge in [-0.25, -0.2) is 4.79 Å². The van der Waals surface area contributed by atoms with Crippen molar-refractivity contribution in [3.63, 3.8) is 0 Å². The molecule has 0 heterocycles. The van der Waals surface area contributed by atoms with E-state index in [1.54, 1.807) is 13.8 Å². The van der Waals surface area contributed by atoms with Crippen LogP contribution in [0.1, 0.15) is 30.9 Å². The van der Waals surface area contributed by atoms with E-state index >= 15 is 0 Å². The zero-order valence-corrected chi connectivity index (χ0v) is 15.4. The second-order valence-electron chi connectivity index (χ2n) is 6.38. The first-order chi connectivity index (χ1) is 12.3. The topological polar surface area (TPSA) is 89.6 Å². The van der Waals surface area contributed by atoms with E-state index in [0.717, 1.165) is 0 Å². The number of benzene rings is 2. The standard InChI is InChI=1S/C15H11ClO2.C5H11NO2/c16-15(17)18-9-14-12-7-3-1-5-10(12)11-6-2-4-8-13(11)14;1-3(2)4(6)5(7)8/h1-8,14H,9H2;3-4H,6H2,1-2H3,(H,7,8)/t;4-/m.0/s1. The summed E-state index contributed by atoms with van der Waals surface area (Å²) in [5.74, 6) is -0.826. The minimum Gasteiger partial charge on any atom is -0.480 e. The minimum atomic E-state index is -0.931. The van der Waals surface area contributed by atoms with E-state index in [2.05, 4.69) is 24.3 Å². The van der Waals surface area contributed by atoms with Gasteiger partial charge in [0, 0.05) is 17.5 Å². The molecule has 0 spiro atoms. The molecule has 5 nitrogen and oxygen atoms in total. The Morgan fingerprint density at radius 3 is 1.88 bits per heavy atom. The van der Waals surface area contributed by atoms with Gasteiger partial charge in [0.2, 0.25) is 0 Å². The molecule has 1 atom stereocenters. The van der Waals surface area contributed by atoms with Crippen LogP contribution in [0, 0.1) is 5.92 Å². The minimum absolute atomic E-state index is 0.0208. The summed E-state index contributed by atoms with van der Waals surface area (Å²) in [7, 11) is 0. The fourth-order valence-corrected chi connectivity index (χ4v) is 2.94. The van der Waals surface area contributed by atoms with Gasteiger partial charge < -0.3 is 15.6 Å². The molecule has 3 N–H and O–H groups in total. The first-order valence-corrected chi connectivity index (χ1v) is 8.69. The molecule has 0 radical (unpaired) electrons. The van der Waals surface area contributed by atoms with Crippen LogP contribution < -0.4 is 5.73 Å². The van der Waals surface area contributed by atoms with Crippen molar-refractivity contribution < 1.29 is 19.4 Å². The number of carboxylic acid groups (broad SMARTS) is 1. The van der Waals surface area contributed by atoms with Crippen LogP contribution in [0.3, 0.4) is 0 Å². The van der Waals surface area contributed by atoms with Crippen molar-refractivity contribution in [2.75, 3.05) is 6.61 Å². The van der Waals surface area contributed by atoms with Crippen molar-refractivity contribution in [3.05, 3.63) is 59.7 Å². The van der Waals surface area contributed by atoms with E-state index in [1.807, 2.05) is 24.3 Å². The molecular formula is C20H22ClNO4. The predicted octanol–water partition coefficient (Wildman–Crippen LogP) is 4.23. The molecule has 0 aliphatic heterocycles. The summed E-state index contributed by atoms with van der Waals surface area (Å²) in [6, 6.07) is 15.7. The van der Waals surface area contributed by atoms with E-state index in [9.17, 15) is 9.59 Å². The highest BCUT2D eigenvalue weighted by Gasteiger charge is 2.28. The monoisotopic (exact) mass is 375 g/mol. The molecule has 2 aromatic carbocycles. The Labute approximate surface area is 157 Å². The Balaban J connectivity index is 0.000000260. The smallest absolute Gasteiger partial charge is 0.403 e. The maximum absolute atomic E-state index is 10.8. The number of carbonyl (C=O) groups excluding carboxylic acids is 1. The van der Waals surface area contributed by atoms with Crippen LogP contribution in [0.2, 0.25) is 0 Å². The summed E-state index contributed by atoms with van der Waals surface area (Å²) < 4.78 is 4.97. The molecule has 0 bridgehead atoms. The van der Waals surface area contributed by atoms with Crippen LogP contribution in [-0.2, 0) is 9.53 Å². The number of ether oxygens (including phenoxy) is 1. The highest BCUT2D eigenvalue weighted by atomic mass is 35.5. The van der Waals surface area contributed by atoms with Crippen LogP contribution in [0.15, 0.2) is 48.5 Å².